The van der Waals surface area contributed by atoms with E-state index in [0.717, 1.165) is 6.16 Å². The number of benzene rings is 2. The Kier molecular flexibility index (Phi) is 8.59. The fourth-order valence-electron chi connectivity index (χ4n) is 2.28. The molecule has 0 radical (unpaired) electrons. The van der Waals surface area contributed by atoms with Crippen molar-refractivity contribution in [1.29, 1.82) is 0 Å². The van der Waals surface area contributed by atoms with Gasteiger partial charge in [0.25, 0.3) is 0 Å². The fraction of sp³-hybridized carbons (Fsp3) is 0.294. The van der Waals surface area contributed by atoms with E-state index in [1.165, 1.54) is 0 Å². The third-order valence-electron chi connectivity index (χ3n) is 3.65. The molecule has 0 nitrogen and oxygen atoms in total. The number of halogens is 12. The molecule has 0 spiro atoms. The van der Waals surface area contributed by atoms with Gasteiger partial charge in [0, 0.05) is 5.56 Å². The standard InChI is InChI=1S/C14H3F11.C3H8FP/c1-2-3(4-7(16)11(20)13(22)12(21)8(4)17)5(14(23,24)25)9(18)10(19)6(2)15;1-2-5-3-4/h1H3;5H,2-3H2,1H3. The van der Waals surface area contributed by atoms with Crippen molar-refractivity contribution in [3.8, 4) is 11.1 Å². The first-order chi connectivity index (χ1) is 13.7. The third-order valence-corrected chi connectivity index (χ3v) is 4.34. The molecule has 0 aliphatic carbocycles. The van der Waals surface area contributed by atoms with Crippen LogP contribution in [0.25, 0.3) is 11.1 Å². The van der Waals surface area contributed by atoms with Crippen LogP contribution in [-0.4, -0.2) is 12.6 Å². The van der Waals surface area contributed by atoms with Crippen molar-refractivity contribution in [1.82, 2.24) is 0 Å². The van der Waals surface area contributed by atoms with E-state index in [2.05, 4.69) is 0 Å². The Labute approximate surface area is 163 Å². The summed E-state index contributed by atoms with van der Waals surface area (Å²) in [6.07, 6.45) is -4.97. The second kappa shape index (κ2) is 9.89. The number of hydrogen-bond donors (Lipinski definition) is 0. The lowest BCUT2D eigenvalue weighted by Gasteiger charge is -2.19. The highest BCUT2D eigenvalue weighted by Crippen LogP contribution is 2.45. The first-order valence-corrected chi connectivity index (χ1v) is 9.17. The molecule has 0 bridgehead atoms. The molecule has 2 aromatic rings. The topological polar surface area (TPSA) is 0 Å². The van der Waals surface area contributed by atoms with Gasteiger partial charge in [-0.1, -0.05) is 15.5 Å². The van der Waals surface area contributed by atoms with Crippen LogP contribution in [0.5, 0.6) is 0 Å². The molecule has 0 aromatic heterocycles. The Bertz CT molecular complexity index is 905. The van der Waals surface area contributed by atoms with Crippen molar-refractivity contribution in [3.05, 3.63) is 57.7 Å². The maximum atomic E-state index is 13.8. The van der Waals surface area contributed by atoms with E-state index < -0.39 is 75.0 Å². The summed E-state index contributed by atoms with van der Waals surface area (Å²) in [4.78, 5) is 0. The van der Waals surface area contributed by atoms with Gasteiger partial charge in [0.1, 0.15) is 12.0 Å². The zero-order valence-corrected chi connectivity index (χ0v) is 15.9. The lowest BCUT2D eigenvalue weighted by atomic mass is 9.92. The van der Waals surface area contributed by atoms with E-state index in [9.17, 15) is 52.7 Å². The summed E-state index contributed by atoms with van der Waals surface area (Å²) < 4.78 is 157. The Morgan fingerprint density at radius 3 is 1.37 bits per heavy atom. The average molecular weight is 474 g/mol. The van der Waals surface area contributed by atoms with Gasteiger partial charge in [0.2, 0.25) is 5.82 Å². The van der Waals surface area contributed by atoms with Crippen LogP contribution in [0.1, 0.15) is 18.1 Å². The van der Waals surface area contributed by atoms with Gasteiger partial charge in [-0.25, -0.2) is 39.5 Å². The molecule has 168 valence electrons. The Hall–Kier alpha value is -1.97. The van der Waals surface area contributed by atoms with Crippen LogP contribution in [0, 0.1) is 53.5 Å². The minimum Gasteiger partial charge on any atom is -0.246 e. The van der Waals surface area contributed by atoms with Crippen molar-refractivity contribution < 1.29 is 52.7 Å². The monoisotopic (exact) mass is 474 g/mol. The zero-order valence-electron chi connectivity index (χ0n) is 14.9. The first kappa shape index (κ1) is 26.1. The molecule has 0 heterocycles. The Morgan fingerprint density at radius 2 is 1.03 bits per heavy atom. The van der Waals surface area contributed by atoms with Crippen molar-refractivity contribution >= 4 is 8.58 Å². The second-order valence-corrected chi connectivity index (χ2v) is 6.97. The molecule has 2 rings (SSSR count). The Morgan fingerprint density at radius 1 is 0.633 bits per heavy atom. The fourth-order valence-corrected chi connectivity index (χ4v) is 2.46. The summed E-state index contributed by atoms with van der Waals surface area (Å²) in [6, 6.07) is 0. The molecule has 0 aliphatic heterocycles. The van der Waals surface area contributed by atoms with Crippen LogP contribution in [0.4, 0.5) is 52.7 Å². The van der Waals surface area contributed by atoms with E-state index in [4.69, 9.17) is 0 Å². The van der Waals surface area contributed by atoms with Crippen LogP contribution < -0.4 is 0 Å². The summed E-state index contributed by atoms with van der Waals surface area (Å²) >= 11 is 0. The van der Waals surface area contributed by atoms with Gasteiger partial charge < -0.3 is 0 Å². The van der Waals surface area contributed by atoms with Gasteiger partial charge in [0.15, 0.2) is 40.7 Å². The minimum absolute atomic E-state index is 0.128. The van der Waals surface area contributed by atoms with Crippen LogP contribution in [0.2, 0.25) is 0 Å². The summed E-state index contributed by atoms with van der Waals surface area (Å²) in [7, 11) is 0.531. The van der Waals surface area contributed by atoms with E-state index in [1.807, 2.05) is 6.92 Å². The third kappa shape index (κ3) is 4.84. The SMILES string of the molecule is CCPCF.Cc1c(F)c(F)c(F)c(C(F)(F)F)c1-c1c(F)c(F)c(F)c(F)c1F. The highest BCUT2D eigenvalue weighted by atomic mass is 31.1. The zero-order chi connectivity index (χ0) is 23.5. The quantitative estimate of drug-likeness (QED) is 0.188. The van der Waals surface area contributed by atoms with Crippen LogP contribution in [-0.2, 0) is 6.18 Å². The molecule has 0 saturated heterocycles. The molecule has 0 amide bonds. The van der Waals surface area contributed by atoms with Crippen molar-refractivity contribution in [2.24, 2.45) is 0 Å². The van der Waals surface area contributed by atoms with Crippen molar-refractivity contribution in [3.63, 3.8) is 0 Å². The molecule has 1 unspecified atom stereocenters. The van der Waals surface area contributed by atoms with Crippen molar-refractivity contribution in [2.45, 2.75) is 20.0 Å². The number of alkyl halides is 4. The number of rotatable bonds is 3. The molecule has 13 heteroatoms. The summed E-state index contributed by atoms with van der Waals surface area (Å²) in [5, 5.41) is 0. The predicted molar refractivity (Wildman–Crippen MR) is 86.1 cm³/mol. The maximum Gasteiger partial charge on any atom is 0.419 e. The van der Waals surface area contributed by atoms with Gasteiger partial charge in [-0.05, 0) is 18.6 Å². The first-order valence-electron chi connectivity index (χ1n) is 7.76. The Balaban J connectivity index is 0.000000804. The van der Waals surface area contributed by atoms with Gasteiger partial charge in [-0.3, -0.25) is 0 Å². The predicted octanol–water partition coefficient (Wildman–Crippen LogP) is 7.41. The summed E-state index contributed by atoms with van der Waals surface area (Å²) in [5.41, 5.74) is -8.45. The van der Waals surface area contributed by atoms with Crippen LogP contribution in [0.15, 0.2) is 0 Å². The molecule has 0 saturated carbocycles. The highest BCUT2D eigenvalue weighted by molar-refractivity contribution is 7.37. The highest BCUT2D eigenvalue weighted by Gasteiger charge is 2.43. The number of hydrogen-bond acceptors (Lipinski definition) is 0. The molecule has 2 aromatic carbocycles. The smallest absolute Gasteiger partial charge is 0.246 e. The van der Waals surface area contributed by atoms with Gasteiger partial charge in [-0.15, -0.1) is 0 Å². The molecule has 30 heavy (non-hydrogen) atoms. The summed E-state index contributed by atoms with van der Waals surface area (Å²) in [6.45, 7) is 2.35. The molecule has 0 N–H and O–H groups in total. The van der Waals surface area contributed by atoms with E-state index in [0.29, 0.717) is 15.5 Å². The van der Waals surface area contributed by atoms with E-state index in [1.54, 1.807) is 0 Å². The lowest BCUT2D eigenvalue weighted by Crippen LogP contribution is -2.17. The van der Waals surface area contributed by atoms with Crippen LogP contribution in [0.3, 0.4) is 0 Å². The minimum atomic E-state index is -5.83. The molecular formula is C17H11F12P. The average Bonchev–Trinajstić information content (AvgIpc) is 2.67. The van der Waals surface area contributed by atoms with Gasteiger partial charge >= 0.3 is 6.18 Å². The van der Waals surface area contributed by atoms with E-state index in [-0.39, 0.29) is 6.42 Å². The maximum absolute atomic E-state index is 13.8. The van der Waals surface area contributed by atoms with Gasteiger partial charge in [-0.2, -0.15) is 13.2 Å². The van der Waals surface area contributed by atoms with E-state index >= 15 is 0 Å². The molecular weight excluding hydrogens is 463 g/mol. The lowest BCUT2D eigenvalue weighted by molar-refractivity contribution is -0.139. The largest absolute Gasteiger partial charge is 0.419 e. The van der Waals surface area contributed by atoms with Crippen LogP contribution >= 0.6 is 8.58 Å². The normalized spacial score (nSPS) is 11.8. The summed E-state index contributed by atoms with van der Waals surface area (Å²) in [5.74, 6) is -21.2. The van der Waals surface area contributed by atoms with Crippen molar-refractivity contribution in [2.75, 3.05) is 12.6 Å². The molecule has 0 fully saturated rings. The second-order valence-electron chi connectivity index (χ2n) is 5.50. The van der Waals surface area contributed by atoms with Gasteiger partial charge in [0.05, 0.1) is 5.56 Å². The molecule has 0 aliphatic rings. The molecule has 1 atom stereocenters.